The van der Waals surface area contributed by atoms with Gasteiger partial charge in [0.2, 0.25) is 0 Å². The van der Waals surface area contributed by atoms with Gasteiger partial charge < -0.3 is 37.9 Å². The molecule has 6 atom stereocenters. The Morgan fingerprint density at radius 2 is 1.65 bits per heavy atom. The highest BCUT2D eigenvalue weighted by atomic mass is 16.7. The molecule has 0 spiro atoms. The second-order valence-electron chi connectivity index (χ2n) is 8.68. The second-order valence-corrected chi connectivity index (χ2v) is 8.68. The van der Waals surface area contributed by atoms with Crippen LogP contribution in [0.5, 0.6) is 11.5 Å². The molecule has 15 heteroatoms. The fourth-order valence-electron chi connectivity index (χ4n) is 4.38. The van der Waals surface area contributed by atoms with E-state index in [2.05, 4.69) is 10.0 Å². The van der Waals surface area contributed by atoms with E-state index in [-0.39, 0.29) is 6.42 Å². The number of methoxy groups -OCH3 is 3. The van der Waals surface area contributed by atoms with Crippen molar-refractivity contribution < 1.29 is 57.1 Å². The zero-order valence-corrected chi connectivity index (χ0v) is 23.3. The fourth-order valence-corrected chi connectivity index (χ4v) is 4.38. The normalized spacial score (nSPS) is 23.4. The highest BCUT2D eigenvalue weighted by molar-refractivity contribution is 5.68. The van der Waals surface area contributed by atoms with Crippen LogP contribution in [0.25, 0.3) is 10.4 Å². The third-order valence-corrected chi connectivity index (χ3v) is 5.93. The molecule has 1 aliphatic heterocycles. The van der Waals surface area contributed by atoms with E-state index in [0.29, 0.717) is 17.1 Å². The van der Waals surface area contributed by atoms with Gasteiger partial charge in [-0.05, 0) is 23.7 Å². The van der Waals surface area contributed by atoms with Crippen molar-refractivity contribution in [2.24, 2.45) is 5.11 Å². The van der Waals surface area contributed by atoms with E-state index < -0.39 is 66.7 Å². The monoisotopic (exact) mass is 567 g/mol. The van der Waals surface area contributed by atoms with Crippen molar-refractivity contribution in [3.63, 3.8) is 0 Å². The molecule has 0 amide bonds. The standard InChI is InChI=1S/C25H33N3O12/c1-13(29)36-12-21(38-15(3)31)23(39-16(4)32)24-22(27-28-26)20(37-14(2)30)11-25(35-7,40-24)17-8-9-18(33-5)19(10-17)34-6/h8-10,20-24H,11-12H2,1-7H3/t20-,21+,22+,23+,24+,25-/m0/s1. The van der Waals surface area contributed by atoms with E-state index in [1.807, 2.05) is 0 Å². The molecule has 0 saturated carbocycles. The van der Waals surface area contributed by atoms with Crippen molar-refractivity contribution in [3.8, 4) is 11.5 Å². The minimum Gasteiger partial charge on any atom is -0.493 e. The van der Waals surface area contributed by atoms with Crippen LogP contribution >= 0.6 is 0 Å². The number of rotatable bonds is 12. The molecule has 0 aromatic heterocycles. The summed E-state index contributed by atoms with van der Waals surface area (Å²) in [7, 11) is 4.22. The summed E-state index contributed by atoms with van der Waals surface area (Å²) in [4.78, 5) is 50.7. The first-order valence-electron chi connectivity index (χ1n) is 12.1. The van der Waals surface area contributed by atoms with E-state index in [9.17, 15) is 24.7 Å². The Balaban J connectivity index is 2.78. The maximum absolute atomic E-state index is 12.2. The molecule has 1 saturated heterocycles. The lowest BCUT2D eigenvalue weighted by Gasteiger charge is -2.48. The van der Waals surface area contributed by atoms with Gasteiger partial charge in [0.1, 0.15) is 24.9 Å². The predicted molar refractivity (Wildman–Crippen MR) is 134 cm³/mol. The number of benzene rings is 1. The quantitative estimate of drug-likeness (QED) is 0.118. The highest BCUT2D eigenvalue weighted by Crippen LogP contribution is 2.45. The van der Waals surface area contributed by atoms with Gasteiger partial charge in [-0.1, -0.05) is 5.11 Å². The Bertz CT molecular complexity index is 1140. The SMILES string of the molecule is COc1ccc([C@]2(OC)C[C@H](OC(C)=O)[C@@H](N=[N+]=[N-])[C@H]([C@H](OC(C)=O)[C@@H](COC(C)=O)OC(C)=O)O2)cc1OC. The summed E-state index contributed by atoms with van der Waals surface area (Å²) in [6.45, 7) is 3.95. The van der Waals surface area contributed by atoms with Gasteiger partial charge in [0.15, 0.2) is 29.5 Å². The van der Waals surface area contributed by atoms with Gasteiger partial charge in [0.05, 0.1) is 14.2 Å². The number of azide groups is 1. The molecule has 1 fully saturated rings. The minimum absolute atomic E-state index is 0.173. The number of nitrogens with zero attached hydrogens (tertiary/aromatic N) is 3. The van der Waals surface area contributed by atoms with Crippen molar-refractivity contribution >= 4 is 23.9 Å². The molecule has 15 nitrogen and oxygen atoms in total. The first-order chi connectivity index (χ1) is 18.9. The van der Waals surface area contributed by atoms with Gasteiger partial charge in [-0.15, -0.1) is 0 Å². The lowest BCUT2D eigenvalue weighted by Crippen LogP contribution is -2.61. The smallest absolute Gasteiger partial charge is 0.303 e. The summed E-state index contributed by atoms with van der Waals surface area (Å²) in [5.74, 6) is -4.00. The summed E-state index contributed by atoms with van der Waals surface area (Å²) in [5.41, 5.74) is 9.76. The zero-order chi connectivity index (χ0) is 30.0. The van der Waals surface area contributed by atoms with Crippen LogP contribution in [0.15, 0.2) is 23.3 Å². The molecule has 1 heterocycles. The molecule has 40 heavy (non-hydrogen) atoms. The average Bonchev–Trinajstić information content (AvgIpc) is 2.89. The predicted octanol–water partition coefficient (Wildman–Crippen LogP) is 2.33. The minimum atomic E-state index is -1.70. The summed E-state index contributed by atoms with van der Waals surface area (Å²) in [6, 6.07) is 3.47. The van der Waals surface area contributed by atoms with E-state index in [0.717, 1.165) is 27.7 Å². The Morgan fingerprint density at radius 3 is 2.15 bits per heavy atom. The fraction of sp³-hybridized carbons (Fsp3) is 0.600. The largest absolute Gasteiger partial charge is 0.493 e. The van der Waals surface area contributed by atoms with Crippen LogP contribution in [0.1, 0.15) is 39.7 Å². The summed E-state index contributed by atoms with van der Waals surface area (Å²) in [6.07, 6.45) is -5.74. The van der Waals surface area contributed by atoms with Crippen LogP contribution < -0.4 is 9.47 Å². The number of esters is 4. The third-order valence-electron chi connectivity index (χ3n) is 5.93. The topological polar surface area (TPSA) is 191 Å². The molecule has 1 aromatic rings. The Morgan fingerprint density at radius 1 is 1.00 bits per heavy atom. The molecule has 220 valence electrons. The zero-order valence-electron chi connectivity index (χ0n) is 23.3. The first kappa shape index (κ1) is 32.1. The molecule has 0 radical (unpaired) electrons. The van der Waals surface area contributed by atoms with Crippen LogP contribution in [0.2, 0.25) is 0 Å². The Kier molecular flexibility index (Phi) is 11.5. The molecule has 1 aromatic carbocycles. The van der Waals surface area contributed by atoms with Crippen LogP contribution in [0.4, 0.5) is 0 Å². The van der Waals surface area contributed by atoms with Gasteiger partial charge in [-0.25, -0.2) is 0 Å². The lowest BCUT2D eigenvalue weighted by atomic mass is 9.86. The summed E-state index contributed by atoms with van der Waals surface area (Å²) >= 11 is 0. The number of carbonyl (C=O) groups is 4. The summed E-state index contributed by atoms with van der Waals surface area (Å²) < 4.78 is 44.4. The van der Waals surface area contributed by atoms with Gasteiger partial charge in [0.25, 0.3) is 0 Å². The van der Waals surface area contributed by atoms with E-state index in [1.165, 1.54) is 21.3 Å². The number of carbonyl (C=O) groups excluding carboxylic acids is 4. The van der Waals surface area contributed by atoms with Crippen LogP contribution in [0, 0.1) is 0 Å². The van der Waals surface area contributed by atoms with Gasteiger partial charge in [-0.3, -0.25) is 19.2 Å². The Labute approximate surface area is 230 Å². The van der Waals surface area contributed by atoms with Crippen molar-refractivity contribution in [3.05, 3.63) is 34.2 Å². The summed E-state index contributed by atoms with van der Waals surface area (Å²) in [5, 5.41) is 3.78. The van der Waals surface area contributed by atoms with Crippen molar-refractivity contribution in [1.29, 1.82) is 0 Å². The first-order valence-corrected chi connectivity index (χ1v) is 12.1. The van der Waals surface area contributed by atoms with Crippen LogP contribution in [-0.4, -0.2) is 82.3 Å². The molecule has 1 aliphatic rings. The maximum atomic E-state index is 12.2. The number of hydrogen-bond acceptors (Lipinski definition) is 13. The van der Waals surface area contributed by atoms with Gasteiger partial charge in [0, 0.05) is 51.7 Å². The molecule has 2 rings (SSSR count). The average molecular weight is 568 g/mol. The van der Waals surface area contributed by atoms with Crippen molar-refractivity contribution in [2.45, 2.75) is 70.4 Å². The van der Waals surface area contributed by atoms with Gasteiger partial charge in [-0.2, -0.15) is 0 Å². The van der Waals surface area contributed by atoms with Gasteiger partial charge >= 0.3 is 23.9 Å². The molecule has 0 unspecified atom stereocenters. The van der Waals surface area contributed by atoms with Crippen LogP contribution in [0.3, 0.4) is 0 Å². The van der Waals surface area contributed by atoms with Crippen molar-refractivity contribution in [2.75, 3.05) is 27.9 Å². The van der Waals surface area contributed by atoms with E-state index in [1.54, 1.807) is 18.2 Å². The maximum Gasteiger partial charge on any atom is 0.303 e. The highest BCUT2D eigenvalue weighted by Gasteiger charge is 2.55. The third kappa shape index (κ3) is 7.97. The van der Waals surface area contributed by atoms with E-state index in [4.69, 9.17) is 37.9 Å². The lowest BCUT2D eigenvalue weighted by molar-refractivity contribution is -0.319. The molecular weight excluding hydrogens is 534 g/mol. The number of hydrogen-bond donors (Lipinski definition) is 0. The second kappa shape index (κ2) is 14.4. The molecule has 0 bridgehead atoms. The van der Waals surface area contributed by atoms with Crippen molar-refractivity contribution in [1.82, 2.24) is 0 Å². The molecule has 0 N–H and O–H groups in total. The molecular formula is C25H33N3O12. The molecule has 0 aliphatic carbocycles. The number of ether oxygens (including phenoxy) is 8. The van der Waals surface area contributed by atoms with Crippen LogP contribution in [-0.2, 0) is 53.4 Å². The Hall–Kier alpha value is -4.07. The van der Waals surface area contributed by atoms with E-state index >= 15 is 0 Å².